The average molecular weight is 264 g/mol. The van der Waals surface area contributed by atoms with Gasteiger partial charge in [-0.3, -0.25) is 0 Å². The van der Waals surface area contributed by atoms with Crippen LogP contribution < -0.4 is 0 Å². The van der Waals surface area contributed by atoms with Crippen LogP contribution in [0.2, 0.25) is 5.02 Å². The number of piperidine rings is 1. The first kappa shape index (κ1) is 13.0. The van der Waals surface area contributed by atoms with E-state index in [1.165, 1.54) is 23.3 Å². The number of carbonyl (C=O) groups is 1. The molecule has 1 amide bonds. The predicted octanol–water partition coefficient (Wildman–Crippen LogP) is 2.60. The van der Waals surface area contributed by atoms with Gasteiger partial charge in [-0.1, -0.05) is 0 Å². The first-order valence-electron chi connectivity index (χ1n) is 5.69. The van der Waals surface area contributed by atoms with Gasteiger partial charge >= 0.3 is 102 Å². The van der Waals surface area contributed by atoms with Gasteiger partial charge in [0.15, 0.2) is 0 Å². The molecule has 0 bridgehead atoms. The number of likely N-dealkylation sites (tertiary alicyclic amines) is 1. The van der Waals surface area contributed by atoms with Crippen LogP contribution in [0.1, 0.15) is 33.6 Å². The molecule has 0 aromatic carbocycles. The van der Waals surface area contributed by atoms with Crippen molar-refractivity contribution in [2.75, 3.05) is 13.1 Å². The van der Waals surface area contributed by atoms with Gasteiger partial charge in [-0.15, -0.1) is 0 Å². The second-order valence-electron chi connectivity index (χ2n) is 5.20. The minimum absolute atomic E-state index is 0.145. The number of rotatable bonds is 1. The molecule has 0 radical (unpaired) electrons. The van der Waals surface area contributed by atoms with E-state index < -0.39 is 0 Å². The van der Waals surface area contributed by atoms with E-state index in [1.807, 2.05) is 25.7 Å². The van der Waals surface area contributed by atoms with Crippen LogP contribution >= 0.6 is 0 Å². The van der Waals surface area contributed by atoms with Crippen molar-refractivity contribution in [3.63, 3.8) is 0 Å². The van der Waals surface area contributed by atoms with E-state index in [4.69, 9.17) is 4.74 Å². The summed E-state index contributed by atoms with van der Waals surface area (Å²) in [5.41, 5.74) is -0.370. The van der Waals surface area contributed by atoms with E-state index in [1.54, 1.807) is 0 Å². The molecular weight excluding hydrogens is 244 g/mol. The van der Waals surface area contributed by atoms with Crippen molar-refractivity contribution < 1.29 is 27.8 Å². The van der Waals surface area contributed by atoms with E-state index in [0.29, 0.717) is 0 Å². The van der Waals surface area contributed by atoms with Gasteiger partial charge in [-0.2, -0.15) is 0 Å². The summed E-state index contributed by atoms with van der Waals surface area (Å²) in [6.45, 7) is 7.48. The van der Waals surface area contributed by atoms with Gasteiger partial charge in [0.1, 0.15) is 0 Å². The third-order valence-electron chi connectivity index (χ3n) is 2.67. The Labute approximate surface area is 102 Å². The molecular formula is C11H20NO2Zn. The van der Waals surface area contributed by atoms with Crippen LogP contribution in [0.25, 0.3) is 0 Å². The molecule has 0 aromatic rings. The second-order valence-corrected chi connectivity index (χ2v) is 6.41. The molecule has 0 aromatic heterocycles. The van der Waals surface area contributed by atoms with Crippen LogP contribution in [0.15, 0.2) is 0 Å². The Kier molecular flexibility index (Phi) is 4.57. The van der Waals surface area contributed by atoms with Crippen molar-refractivity contribution in [3.8, 4) is 0 Å². The number of hydrogen-bond acceptors (Lipinski definition) is 2. The number of carbonyl (C=O) groups excluding carboxylic acids is 1. The molecule has 1 rings (SSSR count). The summed E-state index contributed by atoms with van der Waals surface area (Å²) in [6.07, 6.45) is 2.16. The Morgan fingerprint density at radius 3 is 2.33 bits per heavy atom. The summed E-state index contributed by atoms with van der Waals surface area (Å²) >= 11 is 1.37. The molecule has 0 atom stereocenters. The van der Waals surface area contributed by atoms with Crippen LogP contribution in [-0.2, 0) is 23.0 Å². The van der Waals surface area contributed by atoms with Crippen molar-refractivity contribution in [1.82, 2.24) is 4.90 Å². The SMILES string of the molecule is CC(C)(C)OC(=O)N1CCC([CH2][Zn])CC1. The number of hydrogen-bond donors (Lipinski definition) is 0. The van der Waals surface area contributed by atoms with Gasteiger partial charge in [-0.05, 0) is 0 Å². The zero-order valence-electron chi connectivity index (χ0n) is 10.1. The standard InChI is InChI=1S/C11H20NO2.Zn/c1-9-5-7-12(8-6-9)10(13)14-11(2,3)4;/h9H,1,5-8H2,2-4H3;. The van der Waals surface area contributed by atoms with Gasteiger partial charge in [0.05, 0.1) is 0 Å². The molecule has 15 heavy (non-hydrogen) atoms. The Hall–Kier alpha value is -0.107. The molecule has 1 fully saturated rings. The summed E-state index contributed by atoms with van der Waals surface area (Å²) in [4.78, 5) is 13.6. The minimum atomic E-state index is -0.370. The van der Waals surface area contributed by atoms with Crippen molar-refractivity contribution in [1.29, 1.82) is 0 Å². The zero-order chi connectivity index (χ0) is 11.5. The normalized spacial score (nSPS) is 19.1. The monoisotopic (exact) mass is 262 g/mol. The Bertz CT molecular complexity index is 217. The number of nitrogens with zero attached hydrogens (tertiary/aromatic N) is 1. The molecule has 0 N–H and O–H groups in total. The quantitative estimate of drug-likeness (QED) is 0.681. The average Bonchev–Trinajstić information content (AvgIpc) is 2.15. The molecule has 83 valence electrons. The van der Waals surface area contributed by atoms with E-state index >= 15 is 0 Å². The fourth-order valence-electron chi connectivity index (χ4n) is 1.73. The predicted molar refractivity (Wildman–Crippen MR) is 55.3 cm³/mol. The van der Waals surface area contributed by atoms with Crippen molar-refractivity contribution >= 4 is 6.09 Å². The maximum atomic E-state index is 11.7. The molecule has 1 aliphatic heterocycles. The second kappa shape index (κ2) is 5.29. The molecule has 1 saturated heterocycles. The third-order valence-corrected chi connectivity index (χ3v) is 4.39. The van der Waals surface area contributed by atoms with Crippen LogP contribution in [-0.4, -0.2) is 29.7 Å². The molecule has 1 aliphatic rings. The summed E-state index contributed by atoms with van der Waals surface area (Å²) < 4.78 is 5.34. The van der Waals surface area contributed by atoms with Crippen LogP contribution in [0.4, 0.5) is 4.79 Å². The van der Waals surface area contributed by atoms with E-state index in [9.17, 15) is 4.79 Å². The van der Waals surface area contributed by atoms with Crippen molar-refractivity contribution in [2.24, 2.45) is 5.92 Å². The summed E-state index contributed by atoms with van der Waals surface area (Å²) in [7, 11) is 0. The van der Waals surface area contributed by atoms with E-state index in [0.717, 1.165) is 31.8 Å². The first-order valence-corrected chi connectivity index (χ1v) is 7.79. The topological polar surface area (TPSA) is 29.5 Å². The fraction of sp³-hybridized carbons (Fsp3) is 0.909. The maximum absolute atomic E-state index is 11.7. The molecule has 0 spiro atoms. The van der Waals surface area contributed by atoms with E-state index in [-0.39, 0.29) is 11.7 Å². The summed E-state index contributed by atoms with van der Waals surface area (Å²) in [5.74, 6) is 0.851. The molecule has 0 aliphatic carbocycles. The van der Waals surface area contributed by atoms with Gasteiger partial charge < -0.3 is 0 Å². The van der Waals surface area contributed by atoms with Crippen LogP contribution in [0, 0.1) is 5.92 Å². The number of amides is 1. The van der Waals surface area contributed by atoms with Crippen LogP contribution in [0.5, 0.6) is 0 Å². The molecule has 4 heteroatoms. The molecule has 1 heterocycles. The van der Waals surface area contributed by atoms with Gasteiger partial charge in [0, 0.05) is 0 Å². The van der Waals surface area contributed by atoms with Crippen molar-refractivity contribution in [3.05, 3.63) is 0 Å². The van der Waals surface area contributed by atoms with Gasteiger partial charge in [0.2, 0.25) is 0 Å². The summed E-state index contributed by atoms with van der Waals surface area (Å²) in [6, 6.07) is 0. The Balaban J connectivity index is 2.37. The zero-order valence-corrected chi connectivity index (χ0v) is 13.1. The van der Waals surface area contributed by atoms with Crippen LogP contribution in [0.3, 0.4) is 0 Å². The molecule has 0 saturated carbocycles. The third kappa shape index (κ3) is 4.50. The van der Waals surface area contributed by atoms with Gasteiger partial charge in [-0.25, -0.2) is 0 Å². The van der Waals surface area contributed by atoms with E-state index in [2.05, 4.69) is 0 Å². The Morgan fingerprint density at radius 2 is 1.93 bits per heavy atom. The molecule has 0 unspecified atom stereocenters. The number of ether oxygens (including phenoxy) is 1. The van der Waals surface area contributed by atoms with Crippen molar-refractivity contribution in [2.45, 2.75) is 44.2 Å². The van der Waals surface area contributed by atoms with Gasteiger partial charge in [0.25, 0.3) is 0 Å². The Morgan fingerprint density at radius 1 is 1.40 bits per heavy atom. The fourth-order valence-corrected chi connectivity index (χ4v) is 2.94. The molecule has 3 nitrogen and oxygen atoms in total. The first-order chi connectivity index (χ1) is 6.92. The summed E-state index contributed by atoms with van der Waals surface area (Å²) in [5, 5.41) is 1.35.